The van der Waals surface area contributed by atoms with Crippen LogP contribution in [0.5, 0.6) is 5.75 Å². The van der Waals surface area contributed by atoms with Crippen molar-refractivity contribution in [1.29, 1.82) is 0 Å². The first kappa shape index (κ1) is 14.6. The van der Waals surface area contributed by atoms with Crippen molar-refractivity contribution in [1.82, 2.24) is 0 Å². The minimum absolute atomic E-state index is 0.391. The number of rotatable bonds is 5. The van der Waals surface area contributed by atoms with Crippen molar-refractivity contribution in [3.05, 3.63) is 54.6 Å². The van der Waals surface area contributed by atoms with Crippen LogP contribution in [0.25, 0.3) is 11.1 Å². The standard InChI is InChI=1S/C18H20N2O2/c1-18(13-19)11-15(20-22-18)12-21-17-10-6-5-9-16(17)14-7-3-2-4-8-14/h2-10H,11-13,19H2,1H3. The summed E-state index contributed by atoms with van der Waals surface area (Å²) in [6.07, 6.45) is 0.705. The van der Waals surface area contributed by atoms with Gasteiger partial charge in [-0.15, -0.1) is 0 Å². The Balaban J connectivity index is 1.72. The van der Waals surface area contributed by atoms with E-state index in [1.54, 1.807) is 0 Å². The van der Waals surface area contributed by atoms with Crippen molar-refractivity contribution in [2.75, 3.05) is 13.2 Å². The Morgan fingerprint density at radius 2 is 1.86 bits per heavy atom. The maximum absolute atomic E-state index is 5.96. The Labute approximate surface area is 130 Å². The Kier molecular flexibility index (Phi) is 4.11. The number of hydrogen-bond acceptors (Lipinski definition) is 4. The molecule has 3 rings (SSSR count). The van der Waals surface area contributed by atoms with E-state index in [0.29, 0.717) is 19.6 Å². The van der Waals surface area contributed by atoms with E-state index in [-0.39, 0.29) is 0 Å². The highest BCUT2D eigenvalue weighted by Gasteiger charge is 2.32. The monoisotopic (exact) mass is 296 g/mol. The number of para-hydroxylation sites is 1. The average Bonchev–Trinajstić information content (AvgIpc) is 2.96. The van der Waals surface area contributed by atoms with Crippen LogP contribution in [0.3, 0.4) is 0 Å². The topological polar surface area (TPSA) is 56.8 Å². The van der Waals surface area contributed by atoms with Gasteiger partial charge in [0.2, 0.25) is 0 Å². The molecule has 0 aliphatic carbocycles. The molecule has 0 fully saturated rings. The first-order valence-corrected chi connectivity index (χ1v) is 7.41. The molecule has 114 valence electrons. The summed E-state index contributed by atoms with van der Waals surface area (Å²) in [4.78, 5) is 5.39. The van der Waals surface area contributed by atoms with Gasteiger partial charge in [0.15, 0.2) is 5.60 Å². The zero-order valence-corrected chi connectivity index (χ0v) is 12.7. The maximum atomic E-state index is 5.96. The van der Waals surface area contributed by atoms with Crippen LogP contribution in [0.1, 0.15) is 13.3 Å². The molecule has 0 amide bonds. The molecule has 4 nitrogen and oxygen atoms in total. The van der Waals surface area contributed by atoms with Crippen molar-refractivity contribution in [2.45, 2.75) is 18.9 Å². The van der Waals surface area contributed by atoms with Gasteiger partial charge >= 0.3 is 0 Å². The Morgan fingerprint density at radius 1 is 1.14 bits per heavy atom. The highest BCUT2D eigenvalue weighted by atomic mass is 16.7. The minimum Gasteiger partial charge on any atom is -0.487 e. The summed E-state index contributed by atoms with van der Waals surface area (Å²) in [5, 5.41) is 4.09. The van der Waals surface area contributed by atoms with E-state index in [1.165, 1.54) is 0 Å². The Bertz CT molecular complexity index is 670. The maximum Gasteiger partial charge on any atom is 0.152 e. The van der Waals surface area contributed by atoms with Crippen LogP contribution in [0.2, 0.25) is 0 Å². The van der Waals surface area contributed by atoms with Crippen LogP contribution in [-0.2, 0) is 4.84 Å². The number of hydrogen-bond donors (Lipinski definition) is 1. The summed E-state index contributed by atoms with van der Waals surface area (Å²) >= 11 is 0. The summed E-state index contributed by atoms with van der Waals surface area (Å²) in [6.45, 7) is 2.82. The van der Waals surface area contributed by atoms with Crippen LogP contribution in [0.4, 0.5) is 0 Å². The number of benzene rings is 2. The molecule has 0 saturated carbocycles. The molecule has 2 aromatic carbocycles. The summed E-state index contributed by atoms with van der Waals surface area (Å²) in [5.74, 6) is 0.845. The predicted molar refractivity (Wildman–Crippen MR) is 88.0 cm³/mol. The largest absolute Gasteiger partial charge is 0.487 e. The third-order valence-electron chi connectivity index (χ3n) is 3.77. The van der Waals surface area contributed by atoms with Gasteiger partial charge in [-0.2, -0.15) is 0 Å². The van der Waals surface area contributed by atoms with E-state index in [0.717, 1.165) is 22.6 Å². The van der Waals surface area contributed by atoms with Gasteiger partial charge in [0.1, 0.15) is 12.4 Å². The van der Waals surface area contributed by atoms with E-state index >= 15 is 0 Å². The summed E-state index contributed by atoms with van der Waals surface area (Å²) in [7, 11) is 0. The number of nitrogens with two attached hydrogens (primary N) is 1. The molecule has 0 aromatic heterocycles. The van der Waals surface area contributed by atoms with Crippen molar-refractivity contribution in [2.24, 2.45) is 10.9 Å². The second-order valence-corrected chi connectivity index (χ2v) is 5.73. The van der Waals surface area contributed by atoms with E-state index in [9.17, 15) is 0 Å². The molecular weight excluding hydrogens is 276 g/mol. The van der Waals surface area contributed by atoms with Crippen molar-refractivity contribution >= 4 is 5.71 Å². The quantitative estimate of drug-likeness (QED) is 0.921. The summed E-state index contributed by atoms with van der Waals surface area (Å²) in [6, 6.07) is 18.2. The number of nitrogens with zero attached hydrogens (tertiary/aromatic N) is 1. The molecule has 0 bridgehead atoms. The van der Waals surface area contributed by atoms with Crippen LogP contribution in [0, 0.1) is 0 Å². The minimum atomic E-state index is -0.391. The van der Waals surface area contributed by atoms with Crippen LogP contribution >= 0.6 is 0 Å². The molecule has 1 aliphatic rings. The van der Waals surface area contributed by atoms with Crippen molar-refractivity contribution in [3.63, 3.8) is 0 Å². The second kappa shape index (κ2) is 6.20. The smallest absolute Gasteiger partial charge is 0.152 e. The Hall–Kier alpha value is -2.33. The molecular formula is C18H20N2O2. The highest BCUT2D eigenvalue weighted by molar-refractivity contribution is 5.87. The van der Waals surface area contributed by atoms with Gasteiger partial charge in [0, 0.05) is 18.5 Å². The highest BCUT2D eigenvalue weighted by Crippen LogP contribution is 2.30. The van der Waals surface area contributed by atoms with Crippen LogP contribution in [0.15, 0.2) is 59.8 Å². The first-order valence-electron chi connectivity index (χ1n) is 7.41. The van der Waals surface area contributed by atoms with E-state index < -0.39 is 5.60 Å². The van der Waals surface area contributed by atoms with Gasteiger partial charge in [0.05, 0.1) is 5.71 Å². The molecule has 1 atom stereocenters. The van der Waals surface area contributed by atoms with Gasteiger partial charge in [-0.3, -0.25) is 0 Å². The fourth-order valence-corrected chi connectivity index (χ4v) is 2.47. The average molecular weight is 296 g/mol. The molecule has 0 spiro atoms. The molecule has 1 unspecified atom stereocenters. The molecule has 0 radical (unpaired) electrons. The van der Waals surface area contributed by atoms with E-state index in [1.807, 2.05) is 43.3 Å². The van der Waals surface area contributed by atoms with Gasteiger partial charge < -0.3 is 15.3 Å². The molecule has 0 saturated heterocycles. The van der Waals surface area contributed by atoms with Crippen molar-refractivity contribution < 1.29 is 9.57 Å². The van der Waals surface area contributed by atoms with E-state index in [4.69, 9.17) is 15.3 Å². The Morgan fingerprint density at radius 3 is 2.59 bits per heavy atom. The molecule has 1 aliphatic heterocycles. The summed E-state index contributed by atoms with van der Waals surface area (Å²) in [5.41, 5.74) is 8.40. The normalized spacial score (nSPS) is 20.4. The zero-order chi connectivity index (χ0) is 15.4. The van der Waals surface area contributed by atoms with Gasteiger partial charge in [-0.25, -0.2) is 0 Å². The fraction of sp³-hybridized carbons (Fsp3) is 0.278. The lowest BCUT2D eigenvalue weighted by Gasteiger charge is -2.18. The van der Waals surface area contributed by atoms with Crippen LogP contribution < -0.4 is 10.5 Å². The summed E-state index contributed by atoms with van der Waals surface area (Å²) < 4.78 is 5.96. The van der Waals surface area contributed by atoms with E-state index in [2.05, 4.69) is 23.4 Å². The lowest BCUT2D eigenvalue weighted by atomic mass is 10.0. The molecule has 2 aromatic rings. The number of oxime groups is 1. The lowest BCUT2D eigenvalue weighted by Crippen LogP contribution is -2.34. The van der Waals surface area contributed by atoms with Gasteiger partial charge in [-0.05, 0) is 18.6 Å². The molecule has 22 heavy (non-hydrogen) atoms. The van der Waals surface area contributed by atoms with Gasteiger partial charge in [0.25, 0.3) is 0 Å². The fourth-order valence-electron chi connectivity index (χ4n) is 2.47. The van der Waals surface area contributed by atoms with Crippen LogP contribution in [-0.4, -0.2) is 24.5 Å². The van der Waals surface area contributed by atoms with Gasteiger partial charge in [-0.1, -0.05) is 53.7 Å². The predicted octanol–water partition coefficient (Wildman–Crippen LogP) is 3.23. The lowest BCUT2D eigenvalue weighted by molar-refractivity contribution is 0.00421. The third-order valence-corrected chi connectivity index (χ3v) is 3.77. The molecule has 1 heterocycles. The SMILES string of the molecule is CC1(CN)CC(COc2ccccc2-c2ccccc2)=NO1. The number of ether oxygens (including phenoxy) is 1. The third kappa shape index (κ3) is 3.12. The second-order valence-electron chi connectivity index (χ2n) is 5.73. The van der Waals surface area contributed by atoms with Crippen molar-refractivity contribution in [3.8, 4) is 16.9 Å². The molecule has 4 heteroatoms. The first-order chi connectivity index (χ1) is 10.7. The molecule has 2 N–H and O–H groups in total. The zero-order valence-electron chi connectivity index (χ0n) is 12.7.